The Kier molecular flexibility index (Phi) is 4.51. The van der Waals surface area contributed by atoms with E-state index in [1.165, 1.54) is 29.5 Å². The molecule has 2 aromatic carbocycles. The van der Waals surface area contributed by atoms with Gasteiger partial charge in [0.05, 0.1) is 10.2 Å². The lowest BCUT2D eigenvalue weighted by Crippen LogP contribution is -2.31. The average Bonchev–Trinajstić information content (AvgIpc) is 3.37. The number of benzene rings is 2. The molecule has 1 aliphatic rings. The molecule has 1 amide bonds. The van der Waals surface area contributed by atoms with Gasteiger partial charge in [0, 0.05) is 30.3 Å². The topological polar surface area (TPSA) is 33.2 Å². The summed E-state index contributed by atoms with van der Waals surface area (Å²) in [5, 5.41) is 0.753. The zero-order valence-corrected chi connectivity index (χ0v) is 14.7. The molecule has 0 saturated heterocycles. The van der Waals surface area contributed by atoms with Gasteiger partial charge in [0.15, 0.2) is 0 Å². The van der Waals surface area contributed by atoms with E-state index in [1.807, 2.05) is 24.3 Å². The summed E-state index contributed by atoms with van der Waals surface area (Å²) in [6.45, 7) is 0.139. The first kappa shape index (κ1) is 16.8. The van der Waals surface area contributed by atoms with Crippen molar-refractivity contribution in [1.29, 1.82) is 0 Å². The Morgan fingerprint density at radius 2 is 2.04 bits per heavy atom. The van der Waals surface area contributed by atoms with E-state index in [0.717, 1.165) is 34.1 Å². The van der Waals surface area contributed by atoms with Crippen molar-refractivity contribution in [3.63, 3.8) is 0 Å². The van der Waals surface area contributed by atoms with Gasteiger partial charge in [-0.05, 0) is 37.1 Å². The molecule has 1 heterocycles. The summed E-state index contributed by atoms with van der Waals surface area (Å²) in [4.78, 5) is 18.7. The van der Waals surface area contributed by atoms with Gasteiger partial charge >= 0.3 is 0 Å². The van der Waals surface area contributed by atoms with Crippen molar-refractivity contribution in [2.75, 3.05) is 0 Å². The predicted octanol–water partition coefficient (Wildman–Crippen LogP) is 4.78. The van der Waals surface area contributed by atoms with Crippen molar-refractivity contribution in [1.82, 2.24) is 9.88 Å². The second kappa shape index (κ2) is 6.96. The van der Waals surface area contributed by atoms with Crippen LogP contribution in [0.3, 0.4) is 0 Å². The van der Waals surface area contributed by atoms with Gasteiger partial charge in [-0.1, -0.05) is 18.2 Å². The molecule has 0 atom stereocenters. The monoisotopic (exact) mass is 370 g/mol. The SMILES string of the molecule is O=C(/C=C/c1nc2ccccc2s1)N(Cc1ccc(F)cc1F)C1CC1. The highest BCUT2D eigenvalue weighted by molar-refractivity contribution is 7.19. The number of hydrogen-bond acceptors (Lipinski definition) is 3. The predicted molar refractivity (Wildman–Crippen MR) is 98.6 cm³/mol. The first-order chi connectivity index (χ1) is 12.6. The number of para-hydroxylation sites is 1. The van der Waals surface area contributed by atoms with Gasteiger partial charge in [-0.2, -0.15) is 0 Å². The molecule has 1 aromatic heterocycles. The van der Waals surface area contributed by atoms with Crippen molar-refractivity contribution in [2.45, 2.75) is 25.4 Å². The van der Waals surface area contributed by atoms with Crippen LogP contribution in [0.5, 0.6) is 0 Å². The molecule has 132 valence electrons. The molecule has 0 N–H and O–H groups in total. The molecule has 0 aliphatic heterocycles. The number of nitrogens with zero attached hydrogens (tertiary/aromatic N) is 2. The molecular weight excluding hydrogens is 354 g/mol. The molecule has 1 saturated carbocycles. The number of carbonyl (C=O) groups excluding carboxylic acids is 1. The van der Waals surface area contributed by atoms with Crippen LogP contribution in [-0.4, -0.2) is 21.8 Å². The molecule has 0 unspecified atom stereocenters. The Labute approximate surface area is 153 Å². The van der Waals surface area contributed by atoms with Crippen molar-refractivity contribution >= 4 is 33.5 Å². The van der Waals surface area contributed by atoms with E-state index in [4.69, 9.17) is 0 Å². The highest BCUT2D eigenvalue weighted by Gasteiger charge is 2.32. The summed E-state index contributed by atoms with van der Waals surface area (Å²) >= 11 is 1.51. The summed E-state index contributed by atoms with van der Waals surface area (Å²) in [6.07, 6.45) is 4.99. The molecular formula is C20H16F2N2OS. The van der Waals surface area contributed by atoms with Gasteiger partial charge in [-0.15, -0.1) is 11.3 Å². The van der Waals surface area contributed by atoms with E-state index < -0.39 is 11.6 Å². The minimum Gasteiger partial charge on any atom is -0.332 e. The van der Waals surface area contributed by atoms with Crippen LogP contribution in [0.4, 0.5) is 8.78 Å². The van der Waals surface area contributed by atoms with Gasteiger partial charge in [0.2, 0.25) is 5.91 Å². The summed E-state index contributed by atoms with van der Waals surface area (Å²) in [7, 11) is 0. The molecule has 3 nitrogen and oxygen atoms in total. The lowest BCUT2D eigenvalue weighted by molar-refractivity contribution is -0.127. The highest BCUT2D eigenvalue weighted by Crippen LogP contribution is 2.29. The second-order valence-corrected chi connectivity index (χ2v) is 7.35. The number of rotatable bonds is 5. The lowest BCUT2D eigenvalue weighted by atomic mass is 10.2. The number of hydrogen-bond donors (Lipinski definition) is 0. The van der Waals surface area contributed by atoms with Crippen LogP contribution >= 0.6 is 11.3 Å². The van der Waals surface area contributed by atoms with Crippen molar-refractivity contribution < 1.29 is 13.6 Å². The molecule has 0 spiro atoms. The zero-order valence-electron chi connectivity index (χ0n) is 13.9. The maximum Gasteiger partial charge on any atom is 0.247 e. The van der Waals surface area contributed by atoms with E-state index >= 15 is 0 Å². The van der Waals surface area contributed by atoms with Gasteiger partial charge in [0.25, 0.3) is 0 Å². The summed E-state index contributed by atoms with van der Waals surface area (Å²) < 4.78 is 28.1. The van der Waals surface area contributed by atoms with Gasteiger partial charge in [0.1, 0.15) is 16.6 Å². The van der Waals surface area contributed by atoms with Gasteiger partial charge < -0.3 is 4.90 Å². The highest BCUT2D eigenvalue weighted by atomic mass is 32.1. The minimum atomic E-state index is -0.626. The number of halogens is 2. The van der Waals surface area contributed by atoms with E-state index in [1.54, 1.807) is 11.0 Å². The van der Waals surface area contributed by atoms with Crippen LogP contribution in [0.25, 0.3) is 16.3 Å². The van der Waals surface area contributed by atoms with E-state index in [0.29, 0.717) is 5.56 Å². The molecule has 0 radical (unpaired) electrons. The smallest absolute Gasteiger partial charge is 0.247 e. The Balaban J connectivity index is 1.52. The fourth-order valence-electron chi connectivity index (χ4n) is 2.81. The van der Waals surface area contributed by atoms with Crippen LogP contribution in [0.2, 0.25) is 0 Å². The third-order valence-corrected chi connectivity index (χ3v) is 5.31. The molecule has 3 aromatic rings. The average molecular weight is 370 g/mol. The largest absolute Gasteiger partial charge is 0.332 e. The number of amides is 1. The zero-order chi connectivity index (χ0) is 18.1. The summed E-state index contributed by atoms with van der Waals surface area (Å²) in [5.41, 5.74) is 1.22. The Morgan fingerprint density at radius 1 is 1.23 bits per heavy atom. The Bertz CT molecular complexity index is 961. The van der Waals surface area contributed by atoms with Crippen LogP contribution in [-0.2, 0) is 11.3 Å². The van der Waals surface area contributed by atoms with E-state index in [2.05, 4.69) is 4.98 Å². The Morgan fingerprint density at radius 3 is 2.77 bits per heavy atom. The molecule has 4 rings (SSSR count). The number of carbonyl (C=O) groups is 1. The molecule has 0 bridgehead atoms. The van der Waals surface area contributed by atoms with Gasteiger partial charge in [-0.3, -0.25) is 4.79 Å². The van der Waals surface area contributed by atoms with Crippen molar-refractivity contribution in [2.24, 2.45) is 0 Å². The lowest BCUT2D eigenvalue weighted by Gasteiger charge is -2.21. The Hall–Kier alpha value is -2.60. The van der Waals surface area contributed by atoms with Crippen LogP contribution in [0.1, 0.15) is 23.4 Å². The number of fused-ring (bicyclic) bond motifs is 1. The molecule has 1 aliphatic carbocycles. The van der Waals surface area contributed by atoms with Gasteiger partial charge in [-0.25, -0.2) is 13.8 Å². The normalized spacial score (nSPS) is 14.2. The second-order valence-electron chi connectivity index (χ2n) is 6.29. The first-order valence-corrected chi connectivity index (χ1v) is 9.20. The molecule has 1 fully saturated rings. The maximum absolute atomic E-state index is 13.9. The molecule has 26 heavy (non-hydrogen) atoms. The first-order valence-electron chi connectivity index (χ1n) is 8.38. The standard InChI is InChI=1S/C20H16F2N2OS/c21-14-6-5-13(16(22)11-14)12-24(15-7-8-15)20(25)10-9-19-23-17-3-1-2-4-18(17)26-19/h1-6,9-11,15H,7-8,12H2/b10-9+. The quantitative estimate of drug-likeness (QED) is 0.606. The van der Waals surface area contributed by atoms with Crippen LogP contribution < -0.4 is 0 Å². The van der Waals surface area contributed by atoms with E-state index in [-0.39, 0.29) is 18.5 Å². The fourth-order valence-corrected chi connectivity index (χ4v) is 3.68. The minimum absolute atomic E-state index is 0.118. The third kappa shape index (κ3) is 3.65. The third-order valence-electron chi connectivity index (χ3n) is 4.31. The van der Waals surface area contributed by atoms with Crippen molar-refractivity contribution in [3.8, 4) is 0 Å². The summed E-state index contributed by atoms with van der Waals surface area (Å²) in [6, 6.07) is 11.4. The number of thiazole rings is 1. The summed E-state index contributed by atoms with van der Waals surface area (Å²) in [5.74, 6) is -1.43. The fraction of sp³-hybridized carbons (Fsp3) is 0.200. The van der Waals surface area contributed by atoms with Crippen LogP contribution in [0, 0.1) is 11.6 Å². The number of aromatic nitrogens is 1. The van der Waals surface area contributed by atoms with Crippen LogP contribution in [0.15, 0.2) is 48.5 Å². The van der Waals surface area contributed by atoms with E-state index in [9.17, 15) is 13.6 Å². The van der Waals surface area contributed by atoms with Crippen molar-refractivity contribution in [3.05, 3.63) is 70.7 Å². The maximum atomic E-state index is 13.9. The molecule has 6 heteroatoms.